The van der Waals surface area contributed by atoms with Gasteiger partial charge in [0.25, 0.3) is 0 Å². The predicted molar refractivity (Wildman–Crippen MR) is 190 cm³/mol. The normalized spacial score (nSPS) is 42.9. The van der Waals surface area contributed by atoms with Crippen LogP contribution in [0.5, 0.6) is 11.5 Å². The number of aromatic hydroxyl groups is 1. The Kier molecular flexibility index (Phi) is 10.0. The number of ether oxygens (including phenoxy) is 8. The SMILES string of the molecule is COC(=O)[C@@H]1C2=CC3C(=O)c4c5c(cc(O)c4C(O)=C3C(=O)C2[C@@H](O[C@@H]2O[C@@H](C)[C@H](OC)[C@@](C)(OC)[C@H]2OC)C[C@]1(C)O)[C@@]1(C)O[C@@H](O5)[C@@H](O)[C@H]([NH+](C)C)[C@H]1O. The lowest BCUT2D eigenvalue weighted by atomic mass is 9.59. The van der Waals surface area contributed by atoms with Gasteiger partial charge in [-0.25, -0.2) is 0 Å². The minimum absolute atomic E-state index is 0.0216. The summed E-state index contributed by atoms with van der Waals surface area (Å²) in [6.45, 7) is 6.46. The van der Waals surface area contributed by atoms with Crippen LogP contribution in [0.2, 0.25) is 0 Å². The highest BCUT2D eigenvalue weighted by molar-refractivity contribution is 6.21. The van der Waals surface area contributed by atoms with Crippen LogP contribution in [0.3, 0.4) is 0 Å². The van der Waals surface area contributed by atoms with Crippen LogP contribution in [0.15, 0.2) is 23.3 Å². The van der Waals surface area contributed by atoms with Gasteiger partial charge in [0, 0.05) is 33.3 Å². The highest BCUT2D eigenvalue weighted by atomic mass is 16.7. The Labute approximate surface area is 323 Å². The maximum Gasteiger partial charge on any atom is 0.315 e. The zero-order valence-corrected chi connectivity index (χ0v) is 33.0. The van der Waals surface area contributed by atoms with E-state index < -0.39 is 119 Å². The molecule has 0 aromatic heterocycles. The number of aliphatic hydroxyl groups is 4. The first-order chi connectivity index (χ1) is 26.2. The summed E-state index contributed by atoms with van der Waals surface area (Å²) < 4.78 is 47.5. The van der Waals surface area contributed by atoms with Gasteiger partial charge >= 0.3 is 5.97 Å². The Bertz CT molecular complexity index is 1890. The number of phenols is 1. The number of methoxy groups -OCH3 is 4. The van der Waals surface area contributed by atoms with E-state index in [1.54, 1.807) is 34.9 Å². The van der Waals surface area contributed by atoms with Gasteiger partial charge in [-0.3, -0.25) is 14.4 Å². The predicted octanol–water partition coefficient (Wildman–Crippen LogP) is -0.693. The number of aliphatic hydroxyl groups excluding tert-OH is 3. The van der Waals surface area contributed by atoms with Gasteiger partial charge in [-0.1, -0.05) is 6.08 Å². The third kappa shape index (κ3) is 5.54. The Balaban J connectivity index is 1.37. The molecule has 1 aromatic rings. The first-order valence-corrected chi connectivity index (χ1v) is 18.6. The van der Waals surface area contributed by atoms with Crippen molar-refractivity contribution in [2.45, 2.75) is 106 Å². The van der Waals surface area contributed by atoms with E-state index >= 15 is 0 Å². The number of likely N-dealkylation sites (N-methyl/N-ethyl adjacent to an activating group) is 1. The third-order valence-corrected chi connectivity index (χ3v) is 13.0. The van der Waals surface area contributed by atoms with E-state index in [0.717, 1.165) is 7.11 Å². The molecule has 6 N–H and O–H groups in total. The zero-order valence-electron chi connectivity index (χ0n) is 33.0. The Hall–Kier alpha value is -3.49. The second-order valence-electron chi connectivity index (χ2n) is 16.5. The summed E-state index contributed by atoms with van der Waals surface area (Å²) in [6.07, 6.45) is -7.53. The molecule has 308 valence electrons. The van der Waals surface area contributed by atoms with E-state index in [2.05, 4.69) is 0 Å². The molecule has 0 spiro atoms. The molecule has 3 aliphatic carbocycles. The van der Waals surface area contributed by atoms with Crippen LogP contribution in [0, 0.1) is 17.8 Å². The maximum absolute atomic E-state index is 14.9. The van der Waals surface area contributed by atoms with Crippen LogP contribution in [-0.2, 0) is 48.3 Å². The van der Waals surface area contributed by atoms with Gasteiger partial charge in [-0.15, -0.1) is 0 Å². The maximum atomic E-state index is 14.9. The number of hydrogen-bond acceptors (Lipinski definition) is 16. The number of ketones is 2. The number of phenolic OH excluding ortho intramolecular Hbond substituents is 1. The lowest BCUT2D eigenvalue weighted by Gasteiger charge is -2.53. The number of quaternary nitrogens is 1. The molecule has 1 aromatic carbocycles. The second-order valence-corrected chi connectivity index (χ2v) is 16.5. The van der Waals surface area contributed by atoms with Crippen molar-refractivity contribution in [1.82, 2.24) is 0 Å². The number of esters is 1. The molecule has 3 fully saturated rings. The number of rotatable bonds is 7. The second kappa shape index (κ2) is 13.8. The highest BCUT2D eigenvalue weighted by Gasteiger charge is 2.63. The largest absolute Gasteiger partial charge is 0.507 e. The summed E-state index contributed by atoms with van der Waals surface area (Å²) in [4.78, 5) is 43.9. The quantitative estimate of drug-likeness (QED) is 0.148. The summed E-state index contributed by atoms with van der Waals surface area (Å²) >= 11 is 0. The van der Waals surface area contributed by atoms with Crippen molar-refractivity contribution in [3.8, 4) is 11.5 Å². The number of benzene rings is 1. The first-order valence-electron chi connectivity index (χ1n) is 18.6. The van der Waals surface area contributed by atoms with Crippen LogP contribution < -0.4 is 9.64 Å². The van der Waals surface area contributed by atoms with Gasteiger partial charge in [0.1, 0.15) is 58.7 Å². The summed E-state index contributed by atoms with van der Waals surface area (Å²) in [5.74, 6) is -8.26. The van der Waals surface area contributed by atoms with E-state index in [1.807, 2.05) is 0 Å². The molecule has 6 aliphatic rings. The zero-order chi connectivity index (χ0) is 41.1. The lowest BCUT2D eigenvalue weighted by Crippen LogP contribution is -3.14. The molecular weight excluding hydrogens is 738 g/mol. The summed E-state index contributed by atoms with van der Waals surface area (Å²) in [7, 11) is 9.05. The molecule has 7 rings (SSSR count). The smallest absolute Gasteiger partial charge is 0.315 e. The molecule has 3 aliphatic heterocycles. The molecule has 0 amide bonds. The summed E-state index contributed by atoms with van der Waals surface area (Å²) in [6, 6.07) is 0.421. The third-order valence-electron chi connectivity index (χ3n) is 13.0. The number of fused-ring (bicyclic) bond motifs is 8. The molecule has 2 unspecified atom stereocenters. The molecule has 17 nitrogen and oxygen atoms in total. The number of carbonyl (C=O) groups is 3. The molecule has 3 heterocycles. The Morgan fingerprint density at radius 2 is 1.64 bits per heavy atom. The highest BCUT2D eigenvalue weighted by Crippen LogP contribution is 2.56. The average molecular weight is 791 g/mol. The molecule has 2 bridgehead atoms. The number of nitrogens with one attached hydrogen (secondary N) is 1. The van der Waals surface area contributed by atoms with Gasteiger partial charge in [0.2, 0.25) is 6.29 Å². The number of allylic oxidation sites excluding steroid dienone is 2. The van der Waals surface area contributed by atoms with Crippen LogP contribution >= 0.6 is 0 Å². The molecule has 0 radical (unpaired) electrons. The molecule has 2 saturated heterocycles. The van der Waals surface area contributed by atoms with Crippen LogP contribution in [-0.4, -0.2) is 152 Å². The van der Waals surface area contributed by atoms with E-state index in [-0.39, 0.29) is 40.0 Å². The van der Waals surface area contributed by atoms with E-state index in [9.17, 15) is 39.9 Å². The minimum atomic E-state index is -1.89. The van der Waals surface area contributed by atoms with Gasteiger partial charge in [0.05, 0.1) is 67.5 Å². The van der Waals surface area contributed by atoms with Crippen LogP contribution in [0.25, 0.3) is 5.76 Å². The van der Waals surface area contributed by atoms with E-state index in [4.69, 9.17) is 37.9 Å². The number of hydrogen-bond donors (Lipinski definition) is 6. The summed E-state index contributed by atoms with van der Waals surface area (Å²) in [5, 5.41) is 58.2. The minimum Gasteiger partial charge on any atom is -0.507 e. The monoisotopic (exact) mass is 790 g/mol. The van der Waals surface area contributed by atoms with Crippen LogP contribution in [0.1, 0.15) is 55.6 Å². The molecule has 15 atom stereocenters. The van der Waals surface area contributed by atoms with Crippen molar-refractivity contribution >= 4 is 23.3 Å². The van der Waals surface area contributed by atoms with Crippen molar-refractivity contribution in [3.63, 3.8) is 0 Å². The van der Waals surface area contributed by atoms with Crippen LogP contribution in [0.4, 0.5) is 0 Å². The van der Waals surface area contributed by atoms with Crippen molar-refractivity contribution in [1.29, 1.82) is 0 Å². The van der Waals surface area contributed by atoms with Crippen molar-refractivity contribution in [2.75, 3.05) is 42.5 Å². The number of carbonyl (C=O) groups excluding carboxylic acids is 3. The molecular formula is C39H52NO16+. The molecule has 56 heavy (non-hydrogen) atoms. The van der Waals surface area contributed by atoms with E-state index in [0.29, 0.717) is 4.90 Å². The van der Waals surface area contributed by atoms with Gasteiger partial charge in [-0.2, -0.15) is 0 Å². The molecule has 17 heteroatoms. The Morgan fingerprint density at radius 3 is 2.23 bits per heavy atom. The first kappa shape index (κ1) is 40.7. The van der Waals surface area contributed by atoms with Crippen molar-refractivity contribution in [2.24, 2.45) is 17.8 Å². The summed E-state index contributed by atoms with van der Waals surface area (Å²) in [5.41, 5.74) is -5.54. The van der Waals surface area contributed by atoms with Gasteiger partial charge in [-0.05, 0) is 39.3 Å². The molecule has 1 saturated carbocycles. The lowest BCUT2D eigenvalue weighted by molar-refractivity contribution is -0.899. The number of Topliss-reactive ketones (excluding diaryl/α,β-unsaturated/α-hetero) is 2. The fourth-order valence-electron chi connectivity index (χ4n) is 10.2. The fourth-order valence-corrected chi connectivity index (χ4v) is 10.2. The standard InChI is InChI=1S/C39H51NO16/c1-14-32(49-7)39(4,52-10)33(50-8)36(53-14)54-19-13-37(2,48)24(34(47)51-9)15-11-16-21(27(43)20(15)19)28(44)22-18(41)12-17-30(23(22)26(16)42)55-35-29(45)25(40(5)6)31(46)38(17,3)56-35/h11-12,14,16,19-20,24-25,29,31-33,35-36,41,44-46,48H,13H2,1-10H3/p+1/t14-,16?,19-,20?,24-,25-,29-,31+,32-,33-,35+,36-,37-,38+,39+/m0/s1. The average Bonchev–Trinajstić information content (AvgIpc) is 3.12. The van der Waals surface area contributed by atoms with E-state index in [1.165, 1.54) is 40.4 Å². The topological polar surface area (TPSA) is 231 Å². The van der Waals surface area contributed by atoms with Crippen molar-refractivity contribution in [3.05, 3.63) is 40.0 Å². The fraction of sp³-hybridized carbons (Fsp3) is 0.667. The Morgan fingerprint density at radius 1 is 0.982 bits per heavy atom. The van der Waals surface area contributed by atoms with Crippen molar-refractivity contribution < 1.29 is 82.7 Å². The van der Waals surface area contributed by atoms with Gasteiger partial charge in [0.15, 0.2) is 24.0 Å². The van der Waals surface area contributed by atoms with Gasteiger partial charge < -0.3 is 68.3 Å².